The molecule has 1 aliphatic heterocycles. The molecule has 8 heteroatoms. The quantitative estimate of drug-likeness (QED) is 0.827. The normalized spacial score (nSPS) is 18.9. The third kappa shape index (κ3) is 3.44. The maximum Gasteiger partial charge on any atom is 0.327 e. The molecule has 0 aromatic carbocycles. The van der Waals surface area contributed by atoms with E-state index in [9.17, 15) is 9.59 Å². The van der Waals surface area contributed by atoms with Crippen molar-refractivity contribution in [2.45, 2.75) is 12.5 Å². The molecule has 1 fully saturated rings. The third-order valence-electron chi connectivity index (χ3n) is 3.22. The molecule has 0 aliphatic carbocycles. The Morgan fingerprint density at radius 3 is 3.05 bits per heavy atom. The molecule has 0 bridgehead atoms. The number of carbonyl (C=O) groups is 2. The Hall–Kier alpha value is -1.70. The fraction of sp³-hybridized carbons (Fsp3) is 0.583. The second-order valence-corrected chi connectivity index (χ2v) is 5.71. The van der Waals surface area contributed by atoms with Gasteiger partial charge in [0.05, 0.1) is 0 Å². The molecule has 7 nitrogen and oxygen atoms in total. The van der Waals surface area contributed by atoms with Crippen molar-refractivity contribution in [1.82, 2.24) is 19.8 Å². The molecule has 1 aliphatic rings. The maximum atomic E-state index is 12.0. The zero-order valence-corrected chi connectivity index (χ0v) is 12.1. The number of nitrogens with zero attached hydrogens (tertiary/aromatic N) is 3. The van der Waals surface area contributed by atoms with Crippen molar-refractivity contribution >= 4 is 23.8 Å². The molecule has 0 radical (unpaired) electrons. The first-order chi connectivity index (χ1) is 9.59. The number of carboxylic acid groups (broad SMARTS) is 1. The molecule has 2 rings (SSSR count). The van der Waals surface area contributed by atoms with Gasteiger partial charge in [0, 0.05) is 50.5 Å². The number of aromatic nitrogens is 2. The smallest absolute Gasteiger partial charge is 0.327 e. The summed E-state index contributed by atoms with van der Waals surface area (Å²) in [5.74, 6) is 1.16. The van der Waals surface area contributed by atoms with Crippen LogP contribution in [0, 0.1) is 0 Å². The van der Waals surface area contributed by atoms with Crippen molar-refractivity contribution in [2.75, 3.05) is 24.6 Å². The molecule has 2 heterocycles. The van der Waals surface area contributed by atoms with Gasteiger partial charge in [0.2, 0.25) is 0 Å². The van der Waals surface area contributed by atoms with E-state index in [0.29, 0.717) is 25.3 Å². The second-order valence-electron chi connectivity index (χ2n) is 4.56. The van der Waals surface area contributed by atoms with E-state index in [2.05, 4.69) is 10.3 Å². The number of carbonyl (C=O) groups excluding carboxylic acids is 1. The fourth-order valence-electron chi connectivity index (χ4n) is 2.07. The molecule has 1 unspecified atom stereocenters. The number of aryl methyl sites for hydroxylation is 1. The summed E-state index contributed by atoms with van der Waals surface area (Å²) in [6, 6.07) is -1.05. The van der Waals surface area contributed by atoms with Crippen molar-refractivity contribution in [3.8, 4) is 0 Å². The van der Waals surface area contributed by atoms with Crippen molar-refractivity contribution in [2.24, 2.45) is 7.05 Å². The van der Waals surface area contributed by atoms with E-state index in [4.69, 9.17) is 5.11 Å². The lowest BCUT2D eigenvalue weighted by molar-refractivity contribution is -0.141. The lowest BCUT2D eigenvalue weighted by Crippen LogP contribution is -2.54. The maximum absolute atomic E-state index is 12.0. The van der Waals surface area contributed by atoms with Gasteiger partial charge in [-0.2, -0.15) is 11.8 Å². The average Bonchev–Trinajstić information content (AvgIpc) is 2.84. The Bertz CT molecular complexity index is 491. The summed E-state index contributed by atoms with van der Waals surface area (Å²) in [7, 11) is 1.90. The van der Waals surface area contributed by atoms with Gasteiger partial charge in [0.15, 0.2) is 0 Å². The van der Waals surface area contributed by atoms with Crippen LogP contribution < -0.4 is 5.32 Å². The number of nitrogens with one attached hydrogen (secondary N) is 1. The highest BCUT2D eigenvalue weighted by Gasteiger charge is 2.32. The second kappa shape index (κ2) is 6.65. The summed E-state index contributed by atoms with van der Waals surface area (Å²) in [6.45, 7) is 0.912. The van der Waals surface area contributed by atoms with Crippen LogP contribution in [0.5, 0.6) is 0 Å². The van der Waals surface area contributed by atoms with Crippen LogP contribution in [0.2, 0.25) is 0 Å². The Balaban J connectivity index is 1.84. The highest BCUT2D eigenvalue weighted by Crippen LogP contribution is 2.16. The first-order valence-corrected chi connectivity index (χ1v) is 7.56. The van der Waals surface area contributed by atoms with Gasteiger partial charge in [0.1, 0.15) is 11.9 Å². The molecular formula is C12H18N4O3S. The van der Waals surface area contributed by atoms with E-state index in [0.717, 1.165) is 11.6 Å². The summed E-state index contributed by atoms with van der Waals surface area (Å²) >= 11 is 1.56. The average molecular weight is 298 g/mol. The van der Waals surface area contributed by atoms with Gasteiger partial charge < -0.3 is 19.9 Å². The summed E-state index contributed by atoms with van der Waals surface area (Å²) in [5, 5.41) is 11.9. The van der Waals surface area contributed by atoms with Crippen molar-refractivity contribution in [3.05, 3.63) is 18.2 Å². The molecule has 2 N–H and O–H groups in total. The van der Waals surface area contributed by atoms with E-state index in [1.54, 1.807) is 18.0 Å². The Morgan fingerprint density at radius 2 is 2.40 bits per heavy atom. The third-order valence-corrected chi connectivity index (χ3v) is 4.24. The van der Waals surface area contributed by atoms with Crippen LogP contribution in [0.15, 0.2) is 12.4 Å². The minimum Gasteiger partial charge on any atom is -0.480 e. The molecule has 1 aromatic heterocycles. The minimum atomic E-state index is -0.948. The van der Waals surface area contributed by atoms with Crippen LogP contribution in [0.4, 0.5) is 4.79 Å². The van der Waals surface area contributed by atoms with E-state index in [-0.39, 0.29) is 6.03 Å². The van der Waals surface area contributed by atoms with Gasteiger partial charge in [-0.15, -0.1) is 0 Å². The molecule has 1 atom stereocenters. The van der Waals surface area contributed by atoms with Gasteiger partial charge in [-0.3, -0.25) is 0 Å². The van der Waals surface area contributed by atoms with Gasteiger partial charge in [-0.05, 0) is 0 Å². The Morgan fingerprint density at radius 1 is 1.60 bits per heavy atom. The van der Waals surface area contributed by atoms with Crippen LogP contribution in [0.25, 0.3) is 0 Å². The number of imidazole rings is 1. The standard InChI is InChI=1S/C12H18N4O3S/c1-15-5-4-13-10(15)2-3-14-12(19)16-6-7-20-8-9(16)11(17)18/h4-5,9H,2-3,6-8H2,1H3,(H,14,19)(H,17,18). The lowest BCUT2D eigenvalue weighted by atomic mass is 10.3. The predicted octanol–water partition coefficient (Wildman–Crippen LogP) is 0.174. The van der Waals surface area contributed by atoms with Gasteiger partial charge in [0.25, 0.3) is 0 Å². The van der Waals surface area contributed by atoms with Gasteiger partial charge in [-0.1, -0.05) is 0 Å². The molecule has 1 aromatic rings. The van der Waals surface area contributed by atoms with Crippen LogP contribution >= 0.6 is 11.8 Å². The zero-order chi connectivity index (χ0) is 14.5. The molecule has 1 saturated heterocycles. The summed E-state index contributed by atoms with van der Waals surface area (Å²) in [4.78, 5) is 28.7. The van der Waals surface area contributed by atoms with Crippen LogP contribution in [0.1, 0.15) is 5.82 Å². The monoisotopic (exact) mass is 298 g/mol. The number of urea groups is 1. The predicted molar refractivity (Wildman–Crippen MR) is 75.8 cm³/mol. The van der Waals surface area contributed by atoms with Crippen molar-refractivity contribution in [3.63, 3.8) is 0 Å². The number of hydrogen-bond donors (Lipinski definition) is 2. The van der Waals surface area contributed by atoms with E-state index in [1.165, 1.54) is 4.90 Å². The van der Waals surface area contributed by atoms with Gasteiger partial charge in [-0.25, -0.2) is 14.6 Å². The molecule has 20 heavy (non-hydrogen) atoms. The van der Waals surface area contributed by atoms with Gasteiger partial charge >= 0.3 is 12.0 Å². The Kier molecular flexibility index (Phi) is 4.89. The van der Waals surface area contributed by atoms with Crippen LogP contribution in [-0.2, 0) is 18.3 Å². The number of carboxylic acids is 1. The minimum absolute atomic E-state index is 0.313. The van der Waals surface area contributed by atoms with Crippen molar-refractivity contribution in [1.29, 1.82) is 0 Å². The molecule has 0 saturated carbocycles. The highest BCUT2D eigenvalue weighted by molar-refractivity contribution is 7.99. The first-order valence-electron chi connectivity index (χ1n) is 6.41. The van der Waals surface area contributed by atoms with Crippen molar-refractivity contribution < 1.29 is 14.7 Å². The summed E-state index contributed by atoms with van der Waals surface area (Å²) in [6.07, 6.45) is 4.18. The fourth-order valence-corrected chi connectivity index (χ4v) is 3.11. The number of amides is 2. The number of rotatable bonds is 4. The zero-order valence-electron chi connectivity index (χ0n) is 11.3. The summed E-state index contributed by atoms with van der Waals surface area (Å²) < 4.78 is 1.89. The van der Waals surface area contributed by atoms with E-state index >= 15 is 0 Å². The molecule has 110 valence electrons. The molecule has 0 spiro atoms. The number of hydrogen-bond acceptors (Lipinski definition) is 4. The lowest BCUT2D eigenvalue weighted by Gasteiger charge is -2.32. The van der Waals surface area contributed by atoms with Crippen LogP contribution in [-0.4, -0.2) is 62.2 Å². The SMILES string of the molecule is Cn1ccnc1CCNC(=O)N1CCSCC1C(=O)O. The molecular weight excluding hydrogens is 280 g/mol. The first kappa shape index (κ1) is 14.7. The number of aliphatic carboxylic acids is 1. The van der Waals surface area contributed by atoms with Crippen LogP contribution in [0.3, 0.4) is 0 Å². The Labute approximate surface area is 121 Å². The summed E-state index contributed by atoms with van der Waals surface area (Å²) in [5.41, 5.74) is 0. The van der Waals surface area contributed by atoms with E-state index < -0.39 is 12.0 Å². The topological polar surface area (TPSA) is 87.5 Å². The number of thioether (sulfide) groups is 1. The highest BCUT2D eigenvalue weighted by atomic mass is 32.2. The molecule has 2 amide bonds. The van der Waals surface area contributed by atoms with E-state index in [1.807, 2.05) is 17.8 Å². The largest absolute Gasteiger partial charge is 0.480 e.